The number of carbonyl (C=O) groups excluding carboxylic acids is 2. The number of aliphatic hydroxyl groups excluding tert-OH is 2. The lowest BCUT2D eigenvalue weighted by Gasteiger charge is -2.19. The number of rotatable bonds is 14. The van der Waals surface area contributed by atoms with Crippen molar-refractivity contribution in [2.24, 2.45) is 0 Å². The van der Waals surface area contributed by atoms with Crippen LogP contribution in [0, 0.1) is 0 Å². The van der Waals surface area contributed by atoms with Crippen LogP contribution < -0.4 is 26.0 Å². The van der Waals surface area contributed by atoms with Gasteiger partial charge in [-0.3, -0.25) is 4.79 Å². The second-order valence-electron chi connectivity index (χ2n) is 9.69. The van der Waals surface area contributed by atoms with Crippen LogP contribution in [0.4, 0.5) is 29.3 Å². The molecule has 0 aromatic heterocycles. The van der Waals surface area contributed by atoms with Crippen molar-refractivity contribution in [3.05, 3.63) is 90.0 Å². The van der Waals surface area contributed by atoms with E-state index in [9.17, 15) is 33.0 Å². The molecule has 0 saturated carbocycles. The van der Waals surface area contributed by atoms with Gasteiger partial charge in [0, 0.05) is 36.1 Å². The van der Waals surface area contributed by atoms with Gasteiger partial charge in [-0.2, -0.15) is 13.2 Å². The Balaban J connectivity index is 0.000000900. The molecule has 0 bridgehead atoms. The monoisotopic (exact) mass is 634 g/mol. The van der Waals surface area contributed by atoms with Crippen LogP contribution in [0.3, 0.4) is 0 Å². The van der Waals surface area contributed by atoms with Crippen molar-refractivity contribution in [2.75, 3.05) is 36.9 Å². The van der Waals surface area contributed by atoms with Gasteiger partial charge in [-0.1, -0.05) is 43.3 Å². The van der Waals surface area contributed by atoms with Crippen molar-refractivity contribution in [3.8, 4) is 5.75 Å². The molecule has 3 amide bonds. The number of para-hydroxylation sites is 1. The molecule has 0 spiro atoms. The van der Waals surface area contributed by atoms with Gasteiger partial charge in [0.25, 0.3) is 5.91 Å². The summed E-state index contributed by atoms with van der Waals surface area (Å²) in [5.41, 5.74) is 2.55. The van der Waals surface area contributed by atoms with E-state index in [4.69, 9.17) is 14.6 Å². The number of benzene rings is 3. The highest BCUT2D eigenvalue weighted by molar-refractivity contribution is 6.01. The van der Waals surface area contributed by atoms with E-state index in [-0.39, 0.29) is 31.7 Å². The lowest BCUT2D eigenvalue weighted by molar-refractivity contribution is -0.192. The molecule has 11 nitrogen and oxygen atoms in total. The van der Waals surface area contributed by atoms with Crippen LogP contribution in [0.15, 0.2) is 78.9 Å². The number of anilines is 2. The van der Waals surface area contributed by atoms with Gasteiger partial charge in [0.2, 0.25) is 0 Å². The van der Waals surface area contributed by atoms with Crippen LogP contribution in [0.25, 0.3) is 0 Å². The van der Waals surface area contributed by atoms with Gasteiger partial charge < -0.3 is 41.3 Å². The van der Waals surface area contributed by atoms with E-state index in [0.717, 1.165) is 12.0 Å². The van der Waals surface area contributed by atoms with Crippen LogP contribution >= 0.6 is 0 Å². The second-order valence-corrected chi connectivity index (χ2v) is 9.69. The van der Waals surface area contributed by atoms with E-state index in [1.165, 1.54) is 0 Å². The fourth-order valence-corrected chi connectivity index (χ4v) is 3.65. The van der Waals surface area contributed by atoms with E-state index in [0.29, 0.717) is 35.7 Å². The van der Waals surface area contributed by atoms with Crippen molar-refractivity contribution in [3.63, 3.8) is 0 Å². The van der Waals surface area contributed by atoms with Crippen molar-refractivity contribution in [2.45, 2.75) is 38.1 Å². The number of carbonyl (C=O) groups is 3. The summed E-state index contributed by atoms with van der Waals surface area (Å²) < 4.78 is 37.3. The van der Waals surface area contributed by atoms with Crippen LogP contribution in [-0.2, 0) is 11.2 Å². The lowest BCUT2D eigenvalue weighted by Crippen LogP contribution is -2.41. The van der Waals surface area contributed by atoms with Crippen molar-refractivity contribution in [1.29, 1.82) is 0 Å². The first kappa shape index (κ1) is 36.5. The van der Waals surface area contributed by atoms with Gasteiger partial charge in [0.15, 0.2) is 0 Å². The van der Waals surface area contributed by atoms with E-state index < -0.39 is 24.3 Å². The Morgan fingerprint density at radius 2 is 1.56 bits per heavy atom. The minimum atomic E-state index is -5.08. The third-order valence-corrected chi connectivity index (χ3v) is 5.90. The molecule has 0 radical (unpaired) electrons. The predicted molar refractivity (Wildman–Crippen MR) is 162 cm³/mol. The van der Waals surface area contributed by atoms with Gasteiger partial charge in [-0.15, -0.1) is 0 Å². The maximum absolute atomic E-state index is 12.4. The van der Waals surface area contributed by atoms with Gasteiger partial charge in [0.1, 0.15) is 18.5 Å². The quantitative estimate of drug-likeness (QED) is 0.139. The molecule has 3 rings (SSSR count). The zero-order valence-corrected chi connectivity index (χ0v) is 24.5. The van der Waals surface area contributed by atoms with E-state index in [2.05, 4.69) is 21.3 Å². The molecular formula is C31H37F3N4O7. The largest absolute Gasteiger partial charge is 0.491 e. The van der Waals surface area contributed by atoms with Crippen LogP contribution in [0.1, 0.15) is 29.3 Å². The Morgan fingerprint density at radius 1 is 0.911 bits per heavy atom. The molecule has 0 aliphatic carbocycles. The maximum atomic E-state index is 12.4. The Bertz CT molecular complexity index is 1340. The molecule has 14 heteroatoms. The molecule has 3 aromatic rings. The SMILES string of the molecule is CCCNC(=O)c1cccc(NC(=O)Nc2ccc(C[C@@H](CO)NC[C@H](O)COc3ccccc3)cc2)c1.O=C(O)C(F)(F)F. The first-order chi connectivity index (χ1) is 21.4. The molecule has 2 atom stereocenters. The first-order valence-electron chi connectivity index (χ1n) is 14.0. The number of hydrogen-bond acceptors (Lipinski definition) is 7. The minimum Gasteiger partial charge on any atom is -0.491 e. The fraction of sp³-hybridized carbons (Fsp3) is 0.323. The topological polar surface area (TPSA) is 169 Å². The van der Waals surface area contributed by atoms with Gasteiger partial charge >= 0.3 is 18.2 Å². The van der Waals surface area contributed by atoms with Gasteiger partial charge in [0.05, 0.1) is 6.61 Å². The average molecular weight is 635 g/mol. The van der Waals surface area contributed by atoms with E-state index in [1.54, 1.807) is 36.4 Å². The Labute approximate surface area is 258 Å². The summed E-state index contributed by atoms with van der Waals surface area (Å²) in [6.45, 7) is 2.90. The zero-order chi connectivity index (χ0) is 33.2. The van der Waals surface area contributed by atoms with Gasteiger partial charge in [-0.25, -0.2) is 9.59 Å². The predicted octanol–water partition coefficient (Wildman–Crippen LogP) is 4.04. The van der Waals surface area contributed by atoms with Crippen LogP contribution in [-0.4, -0.2) is 77.9 Å². The third kappa shape index (κ3) is 14.6. The highest BCUT2D eigenvalue weighted by atomic mass is 19.4. The number of ether oxygens (including phenoxy) is 1. The second kappa shape index (κ2) is 18.9. The van der Waals surface area contributed by atoms with Crippen LogP contribution in [0.2, 0.25) is 0 Å². The molecule has 244 valence electrons. The Kier molecular flexibility index (Phi) is 15.3. The minimum absolute atomic E-state index is 0.0931. The summed E-state index contributed by atoms with van der Waals surface area (Å²) in [6, 6.07) is 22.6. The smallest absolute Gasteiger partial charge is 0.490 e. The number of hydrogen-bond donors (Lipinski definition) is 7. The van der Waals surface area contributed by atoms with Crippen LogP contribution in [0.5, 0.6) is 5.75 Å². The number of amides is 3. The summed E-state index contributed by atoms with van der Waals surface area (Å²) in [5.74, 6) is -2.25. The summed E-state index contributed by atoms with van der Waals surface area (Å²) in [6.07, 6.45) is -4.42. The molecule has 0 aliphatic heterocycles. The maximum Gasteiger partial charge on any atom is 0.490 e. The molecule has 45 heavy (non-hydrogen) atoms. The number of aliphatic carboxylic acids is 1. The number of urea groups is 1. The fourth-order valence-electron chi connectivity index (χ4n) is 3.65. The number of alkyl halides is 3. The molecule has 0 saturated heterocycles. The molecule has 0 unspecified atom stereocenters. The number of aliphatic hydroxyl groups is 2. The summed E-state index contributed by atoms with van der Waals surface area (Å²) in [5, 5.41) is 38.6. The summed E-state index contributed by atoms with van der Waals surface area (Å²) in [7, 11) is 0. The third-order valence-electron chi connectivity index (χ3n) is 5.90. The van der Waals surface area contributed by atoms with Crippen molar-refractivity contribution in [1.82, 2.24) is 10.6 Å². The van der Waals surface area contributed by atoms with Gasteiger partial charge in [-0.05, 0) is 60.9 Å². The molecular weight excluding hydrogens is 597 g/mol. The molecule has 0 aliphatic rings. The average Bonchev–Trinajstić information content (AvgIpc) is 3.02. The standard InChI is InChI=1S/C29H36N4O5.C2HF3O2/c1-2-15-30-28(36)22-7-6-8-24(17-22)33-29(37)32-23-13-11-21(12-14-23)16-25(19-34)31-18-26(35)20-38-27-9-4-3-5-10-27;3-2(4,5)1(6)7/h3-14,17,25-26,31,34-35H,2,15-16,18-20H2,1H3,(H,30,36)(H2,32,33,37);(H,6,7)/t25-,26-;/m0./s1. The summed E-state index contributed by atoms with van der Waals surface area (Å²) >= 11 is 0. The number of carboxylic acids is 1. The normalized spacial score (nSPS) is 12.1. The van der Waals surface area contributed by atoms with E-state index >= 15 is 0 Å². The molecule has 7 N–H and O–H groups in total. The Hall–Kier alpha value is -4.66. The number of nitrogens with one attached hydrogen (secondary N) is 4. The summed E-state index contributed by atoms with van der Waals surface area (Å²) in [4.78, 5) is 33.5. The molecule has 0 heterocycles. The first-order valence-corrected chi connectivity index (χ1v) is 14.0. The zero-order valence-electron chi connectivity index (χ0n) is 24.5. The highest BCUT2D eigenvalue weighted by Crippen LogP contribution is 2.15. The van der Waals surface area contributed by atoms with Crippen molar-refractivity contribution < 1.29 is 47.6 Å². The molecule has 0 fully saturated rings. The number of carboxylic acid groups (broad SMARTS) is 1. The van der Waals surface area contributed by atoms with E-state index in [1.807, 2.05) is 49.4 Å². The highest BCUT2D eigenvalue weighted by Gasteiger charge is 2.38. The Morgan fingerprint density at radius 3 is 2.16 bits per heavy atom. The lowest BCUT2D eigenvalue weighted by atomic mass is 10.1. The molecule has 3 aromatic carbocycles. The number of halogens is 3. The van der Waals surface area contributed by atoms with Crippen molar-refractivity contribution >= 4 is 29.3 Å².